The summed E-state index contributed by atoms with van der Waals surface area (Å²) in [4.78, 5) is 1.23. The van der Waals surface area contributed by atoms with Gasteiger partial charge in [0.2, 0.25) is 0 Å². The van der Waals surface area contributed by atoms with Crippen molar-refractivity contribution in [3.63, 3.8) is 0 Å². The molecule has 0 aliphatic rings. The lowest BCUT2D eigenvalue weighted by atomic mass is 10.3. The van der Waals surface area contributed by atoms with Crippen LogP contribution in [0.25, 0.3) is 0 Å². The molecule has 0 unspecified atom stereocenters. The van der Waals surface area contributed by atoms with E-state index >= 15 is 0 Å². The van der Waals surface area contributed by atoms with Crippen molar-refractivity contribution in [2.24, 2.45) is 5.73 Å². The molecule has 0 atom stereocenters. The molecule has 3 heteroatoms. The number of nitrogens with two attached hydrogens (primary N) is 2. The lowest BCUT2D eigenvalue weighted by Gasteiger charge is -1.98. The fourth-order valence-corrected chi connectivity index (χ4v) is 1.63. The van der Waals surface area contributed by atoms with Gasteiger partial charge in [-0.2, -0.15) is 0 Å². The first kappa shape index (κ1) is 10.2. The number of benzene rings is 1. The Morgan fingerprint density at radius 2 is 1.85 bits per heavy atom. The molecule has 0 saturated carbocycles. The monoisotopic (exact) mass is 194 g/mol. The second-order valence-corrected chi connectivity index (χ2v) is 3.68. The van der Waals surface area contributed by atoms with Gasteiger partial charge in [-0.25, -0.2) is 0 Å². The molecule has 0 aliphatic heterocycles. The van der Waals surface area contributed by atoms with E-state index in [9.17, 15) is 0 Å². The van der Waals surface area contributed by atoms with Crippen LogP contribution in [0.1, 0.15) is 0 Å². The van der Waals surface area contributed by atoms with Crippen LogP contribution in [0.4, 0.5) is 5.69 Å². The van der Waals surface area contributed by atoms with Crippen LogP contribution >= 0.6 is 11.8 Å². The van der Waals surface area contributed by atoms with Gasteiger partial charge in [-0.05, 0) is 24.3 Å². The molecule has 0 saturated heterocycles. The predicted molar refractivity (Wildman–Crippen MR) is 59.8 cm³/mol. The van der Waals surface area contributed by atoms with E-state index < -0.39 is 0 Å². The highest BCUT2D eigenvalue weighted by Gasteiger charge is 1.90. The number of hydrogen-bond acceptors (Lipinski definition) is 3. The van der Waals surface area contributed by atoms with E-state index in [-0.39, 0.29) is 0 Å². The van der Waals surface area contributed by atoms with Gasteiger partial charge in [-0.15, -0.1) is 11.8 Å². The molecule has 0 amide bonds. The van der Waals surface area contributed by atoms with E-state index in [1.807, 2.05) is 30.3 Å². The molecule has 0 spiro atoms. The Morgan fingerprint density at radius 3 is 2.46 bits per heavy atom. The Balaban J connectivity index is 2.37. The van der Waals surface area contributed by atoms with E-state index in [1.54, 1.807) is 11.8 Å². The van der Waals surface area contributed by atoms with E-state index in [0.29, 0.717) is 6.54 Å². The van der Waals surface area contributed by atoms with Crippen molar-refractivity contribution in [2.45, 2.75) is 4.90 Å². The van der Waals surface area contributed by atoms with Crippen molar-refractivity contribution in [3.8, 4) is 0 Å². The molecule has 0 aliphatic carbocycles. The Morgan fingerprint density at radius 1 is 1.15 bits per heavy atom. The van der Waals surface area contributed by atoms with Gasteiger partial charge in [0.05, 0.1) is 0 Å². The summed E-state index contributed by atoms with van der Waals surface area (Å²) >= 11 is 1.77. The normalized spacial score (nSPS) is 10.8. The number of rotatable bonds is 4. The smallest absolute Gasteiger partial charge is 0.0314 e. The third-order valence-corrected chi connectivity index (χ3v) is 2.49. The molecule has 0 bridgehead atoms. The summed E-state index contributed by atoms with van der Waals surface area (Å²) in [5, 5.41) is 0. The second kappa shape index (κ2) is 5.67. The van der Waals surface area contributed by atoms with Gasteiger partial charge in [-0.3, -0.25) is 0 Å². The zero-order valence-corrected chi connectivity index (χ0v) is 8.26. The van der Waals surface area contributed by atoms with Gasteiger partial charge in [0.15, 0.2) is 0 Å². The summed E-state index contributed by atoms with van der Waals surface area (Å²) < 4.78 is 0. The van der Waals surface area contributed by atoms with E-state index in [0.717, 1.165) is 11.4 Å². The lowest BCUT2D eigenvalue weighted by Crippen LogP contribution is -1.92. The minimum atomic E-state index is 0.613. The van der Waals surface area contributed by atoms with Crippen LogP contribution in [0.2, 0.25) is 0 Å². The van der Waals surface area contributed by atoms with Crippen molar-refractivity contribution >= 4 is 17.4 Å². The molecular weight excluding hydrogens is 180 g/mol. The average Bonchev–Trinajstić information content (AvgIpc) is 2.15. The van der Waals surface area contributed by atoms with Gasteiger partial charge in [0.25, 0.3) is 0 Å². The summed E-state index contributed by atoms with van der Waals surface area (Å²) in [6, 6.07) is 7.87. The van der Waals surface area contributed by atoms with Gasteiger partial charge in [0, 0.05) is 22.9 Å². The Bertz CT molecular complexity index is 267. The predicted octanol–water partition coefficient (Wildman–Crippen LogP) is 1.88. The standard InChI is InChI=1S/C10H14N2S/c11-7-1-2-8-13-10-5-3-9(12)4-6-10/h1-6H,7-8,11-12H2. The molecule has 70 valence electrons. The summed E-state index contributed by atoms with van der Waals surface area (Å²) in [5.74, 6) is 0.959. The Hall–Kier alpha value is -0.930. The highest BCUT2D eigenvalue weighted by molar-refractivity contribution is 7.99. The minimum Gasteiger partial charge on any atom is -0.399 e. The maximum atomic E-state index is 5.56. The van der Waals surface area contributed by atoms with Crippen molar-refractivity contribution in [1.82, 2.24) is 0 Å². The lowest BCUT2D eigenvalue weighted by molar-refractivity contribution is 1.25. The first-order chi connectivity index (χ1) is 6.33. The largest absolute Gasteiger partial charge is 0.399 e. The third kappa shape index (κ3) is 4.01. The van der Waals surface area contributed by atoms with Gasteiger partial charge >= 0.3 is 0 Å². The maximum Gasteiger partial charge on any atom is 0.0314 e. The topological polar surface area (TPSA) is 52.0 Å². The SMILES string of the molecule is NCC=CCSc1ccc(N)cc1. The molecule has 0 aromatic heterocycles. The first-order valence-electron chi connectivity index (χ1n) is 4.16. The third-order valence-electron chi connectivity index (χ3n) is 1.53. The molecule has 2 nitrogen and oxygen atoms in total. The van der Waals surface area contributed by atoms with Crippen LogP contribution in [0.5, 0.6) is 0 Å². The van der Waals surface area contributed by atoms with Gasteiger partial charge in [-0.1, -0.05) is 12.2 Å². The molecule has 13 heavy (non-hydrogen) atoms. The van der Waals surface area contributed by atoms with Gasteiger partial charge < -0.3 is 11.5 Å². The average molecular weight is 194 g/mol. The van der Waals surface area contributed by atoms with E-state index in [2.05, 4.69) is 6.08 Å². The van der Waals surface area contributed by atoms with Crippen molar-refractivity contribution in [3.05, 3.63) is 36.4 Å². The zero-order chi connectivity index (χ0) is 9.52. The first-order valence-corrected chi connectivity index (χ1v) is 5.15. The fraction of sp³-hybridized carbons (Fsp3) is 0.200. The van der Waals surface area contributed by atoms with Crippen LogP contribution < -0.4 is 11.5 Å². The van der Waals surface area contributed by atoms with Crippen molar-refractivity contribution in [1.29, 1.82) is 0 Å². The highest BCUT2D eigenvalue weighted by Crippen LogP contribution is 2.18. The number of thioether (sulfide) groups is 1. The van der Waals surface area contributed by atoms with Crippen LogP contribution in [0.3, 0.4) is 0 Å². The fourth-order valence-electron chi connectivity index (χ4n) is 0.873. The second-order valence-electron chi connectivity index (χ2n) is 2.59. The Kier molecular flexibility index (Phi) is 4.43. The van der Waals surface area contributed by atoms with Gasteiger partial charge in [0.1, 0.15) is 0 Å². The van der Waals surface area contributed by atoms with E-state index in [4.69, 9.17) is 11.5 Å². The highest BCUT2D eigenvalue weighted by atomic mass is 32.2. The molecule has 1 aromatic carbocycles. The molecule has 4 N–H and O–H groups in total. The molecule has 0 fully saturated rings. The molecule has 1 aromatic rings. The molecule has 0 radical (unpaired) electrons. The summed E-state index contributed by atoms with van der Waals surface area (Å²) in [6.07, 6.45) is 4.03. The van der Waals surface area contributed by atoms with Crippen LogP contribution in [0, 0.1) is 0 Å². The van der Waals surface area contributed by atoms with Crippen molar-refractivity contribution < 1.29 is 0 Å². The summed E-state index contributed by atoms with van der Waals surface area (Å²) in [6.45, 7) is 0.613. The molecule has 0 heterocycles. The van der Waals surface area contributed by atoms with Crippen LogP contribution in [0.15, 0.2) is 41.3 Å². The quantitative estimate of drug-likeness (QED) is 0.437. The number of anilines is 1. The number of nitrogen functional groups attached to an aromatic ring is 1. The maximum absolute atomic E-state index is 5.56. The minimum absolute atomic E-state index is 0.613. The van der Waals surface area contributed by atoms with Crippen LogP contribution in [-0.2, 0) is 0 Å². The molecule has 1 rings (SSSR count). The summed E-state index contributed by atoms with van der Waals surface area (Å²) in [7, 11) is 0. The Labute approximate surface area is 83.0 Å². The van der Waals surface area contributed by atoms with Crippen molar-refractivity contribution in [2.75, 3.05) is 18.0 Å². The summed E-state index contributed by atoms with van der Waals surface area (Å²) in [5.41, 5.74) is 11.7. The zero-order valence-electron chi connectivity index (χ0n) is 7.44. The van der Waals surface area contributed by atoms with Crippen LogP contribution in [-0.4, -0.2) is 12.3 Å². The molecular formula is C10H14N2S. The van der Waals surface area contributed by atoms with E-state index in [1.165, 1.54) is 4.90 Å². The number of hydrogen-bond donors (Lipinski definition) is 2.